The highest BCUT2D eigenvalue weighted by Crippen LogP contribution is 2.62. The quantitative estimate of drug-likeness (QED) is 0.234. The monoisotopic (exact) mass is 456 g/mol. The minimum absolute atomic E-state index is 0.0478. The first-order valence-electron chi connectivity index (χ1n) is 14.5. The van der Waals surface area contributed by atoms with Gasteiger partial charge < -0.3 is 4.74 Å². The number of ketones is 1. The van der Waals surface area contributed by atoms with Crippen molar-refractivity contribution in [2.45, 2.75) is 136 Å². The van der Waals surface area contributed by atoms with Gasteiger partial charge in [-0.2, -0.15) is 0 Å². The molecule has 4 aliphatic rings. The lowest BCUT2D eigenvalue weighted by Gasteiger charge is -2.53. The zero-order valence-corrected chi connectivity index (χ0v) is 21.4. The fourth-order valence-corrected chi connectivity index (χ4v) is 8.12. The molecule has 0 aromatic heterocycles. The maximum atomic E-state index is 12.7. The topological polar surface area (TPSA) is 43.4 Å². The number of carbonyl (C=O) groups excluding carboxylic acids is 2. The summed E-state index contributed by atoms with van der Waals surface area (Å²) in [5.41, 5.74) is 1.62. The molecule has 33 heavy (non-hydrogen) atoms. The van der Waals surface area contributed by atoms with E-state index in [1.807, 2.05) is 6.08 Å². The molecule has 0 saturated heterocycles. The van der Waals surface area contributed by atoms with Crippen molar-refractivity contribution in [1.29, 1.82) is 0 Å². The van der Waals surface area contributed by atoms with Crippen molar-refractivity contribution in [2.75, 3.05) is 0 Å². The summed E-state index contributed by atoms with van der Waals surface area (Å²) in [6.07, 6.45) is 23.1. The second-order valence-electron chi connectivity index (χ2n) is 12.0. The van der Waals surface area contributed by atoms with Crippen LogP contribution in [0.1, 0.15) is 129 Å². The van der Waals surface area contributed by atoms with Crippen LogP contribution in [0.3, 0.4) is 0 Å². The summed E-state index contributed by atoms with van der Waals surface area (Å²) < 4.78 is 6.16. The third kappa shape index (κ3) is 5.76. The van der Waals surface area contributed by atoms with Gasteiger partial charge in [0.05, 0.1) is 0 Å². The fourth-order valence-electron chi connectivity index (χ4n) is 8.12. The van der Waals surface area contributed by atoms with Gasteiger partial charge in [0, 0.05) is 18.3 Å². The van der Waals surface area contributed by atoms with Gasteiger partial charge >= 0.3 is 5.97 Å². The van der Waals surface area contributed by atoms with Crippen LogP contribution in [0.2, 0.25) is 0 Å². The lowest BCUT2D eigenvalue weighted by atomic mass is 9.52. The number of fused-ring (bicyclic) bond motifs is 5. The van der Waals surface area contributed by atoms with Gasteiger partial charge in [-0.25, -0.2) is 0 Å². The second kappa shape index (κ2) is 11.5. The lowest BCUT2D eigenvalue weighted by molar-refractivity contribution is -0.159. The van der Waals surface area contributed by atoms with Crippen molar-refractivity contribution in [3.05, 3.63) is 11.6 Å². The highest BCUT2D eigenvalue weighted by Gasteiger charge is 2.57. The Morgan fingerprint density at radius 3 is 2.39 bits per heavy atom. The highest BCUT2D eigenvalue weighted by atomic mass is 16.5. The smallest absolute Gasteiger partial charge is 0.306 e. The molecule has 0 amide bonds. The molecule has 3 nitrogen and oxygen atoms in total. The van der Waals surface area contributed by atoms with Gasteiger partial charge in [-0.3, -0.25) is 9.59 Å². The maximum absolute atomic E-state index is 12.7. The van der Waals surface area contributed by atoms with Gasteiger partial charge in [-0.15, -0.1) is 0 Å². The van der Waals surface area contributed by atoms with Crippen molar-refractivity contribution in [2.24, 2.45) is 29.1 Å². The third-order valence-electron chi connectivity index (χ3n) is 9.97. The summed E-state index contributed by atoms with van der Waals surface area (Å²) in [7, 11) is 0. The normalized spacial score (nSPS) is 35.4. The molecule has 3 saturated carbocycles. The standard InChI is InChI=1S/C30H48O3/c1-3-4-5-6-7-8-9-10-11-12-29(32)33-28-18-17-27-26-15-13-22-21-23(31)14-16-24(22)25(26)19-20-30(27,28)2/h21,24-28H,3-20H2,1-2H3/t24-,25-,26+,27+,28+,30+/m0/s1. The molecule has 0 spiro atoms. The van der Waals surface area contributed by atoms with Crippen LogP contribution < -0.4 is 0 Å². The van der Waals surface area contributed by atoms with E-state index in [9.17, 15) is 9.59 Å². The second-order valence-corrected chi connectivity index (χ2v) is 12.0. The zero-order valence-electron chi connectivity index (χ0n) is 21.4. The first-order valence-corrected chi connectivity index (χ1v) is 14.5. The van der Waals surface area contributed by atoms with Gasteiger partial charge in [0.25, 0.3) is 0 Å². The van der Waals surface area contributed by atoms with Gasteiger partial charge in [0.15, 0.2) is 5.78 Å². The molecular formula is C30H48O3. The van der Waals surface area contributed by atoms with E-state index < -0.39 is 0 Å². The van der Waals surface area contributed by atoms with E-state index in [2.05, 4.69) is 13.8 Å². The SMILES string of the molecule is CCCCCCCCCCCC(=O)O[C@@H]1CC[C@@H]2[C@@H]3CCC4=CC(=O)CC[C@@H]4[C@@H]3CC[C@]21C. The van der Waals surface area contributed by atoms with E-state index in [0.717, 1.165) is 50.4 Å². The summed E-state index contributed by atoms with van der Waals surface area (Å²) in [4.78, 5) is 24.6. The van der Waals surface area contributed by atoms with Crippen molar-refractivity contribution in [3.63, 3.8) is 0 Å². The number of allylic oxidation sites excluding steroid dienone is 1. The molecule has 4 aliphatic carbocycles. The molecule has 0 aliphatic heterocycles. The van der Waals surface area contributed by atoms with Gasteiger partial charge in [-0.05, 0) is 81.1 Å². The van der Waals surface area contributed by atoms with Gasteiger partial charge in [0.2, 0.25) is 0 Å². The average molecular weight is 457 g/mol. The van der Waals surface area contributed by atoms with E-state index >= 15 is 0 Å². The Kier molecular flexibility index (Phi) is 8.74. The number of hydrogen-bond donors (Lipinski definition) is 0. The Balaban J connectivity index is 1.20. The van der Waals surface area contributed by atoms with Crippen LogP contribution in [0.15, 0.2) is 11.6 Å². The molecule has 3 heteroatoms. The van der Waals surface area contributed by atoms with Crippen LogP contribution in [-0.4, -0.2) is 17.9 Å². The van der Waals surface area contributed by atoms with Crippen LogP contribution in [0.5, 0.6) is 0 Å². The predicted molar refractivity (Wildman–Crippen MR) is 134 cm³/mol. The van der Waals surface area contributed by atoms with E-state index in [1.54, 1.807) is 0 Å². The Labute approximate surface area is 202 Å². The molecule has 4 rings (SSSR count). The maximum Gasteiger partial charge on any atom is 0.306 e. The minimum atomic E-state index is 0.0478. The van der Waals surface area contributed by atoms with Crippen LogP contribution >= 0.6 is 0 Å². The summed E-state index contributed by atoms with van der Waals surface area (Å²) >= 11 is 0. The lowest BCUT2D eigenvalue weighted by Crippen LogP contribution is -2.48. The number of ether oxygens (including phenoxy) is 1. The number of esters is 1. The Morgan fingerprint density at radius 2 is 1.64 bits per heavy atom. The molecule has 0 bridgehead atoms. The highest BCUT2D eigenvalue weighted by molar-refractivity contribution is 5.91. The third-order valence-corrected chi connectivity index (χ3v) is 9.97. The molecule has 186 valence electrons. The van der Waals surface area contributed by atoms with Gasteiger partial charge in [-0.1, -0.05) is 70.8 Å². The van der Waals surface area contributed by atoms with E-state index in [-0.39, 0.29) is 17.5 Å². The fraction of sp³-hybridized carbons (Fsp3) is 0.867. The zero-order chi connectivity index (χ0) is 23.3. The molecule has 0 aromatic rings. The van der Waals surface area contributed by atoms with Crippen molar-refractivity contribution in [1.82, 2.24) is 0 Å². The minimum Gasteiger partial charge on any atom is -0.462 e. The Morgan fingerprint density at radius 1 is 0.909 bits per heavy atom. The number of carbonyl (C=O) groups is 2. The van der Waals surface area contributed by atoms with Gasteiger partial charge in [0.1, 0.15) is 6.10 Å². The van der Waals surface area contributed by atoms with Crippen LogP contribution in [0.4, 0.5) is 0 Å². The Hall–Kier alpha value is -1.12. The molecule has 0 heterocycles. The summed E-state index contributed by atoms with van der Waals surface area (Å²) in [5, 5.41) is 0. The average Bonchev–Trinajstić information content (AvgIpc) is 3.13. The summed E-state index contributed by atoms with van der Waals surface area (Å²) in [6.45, 7) is 4.69. The molecule has 6 atom stereocenters. The number of hydrogen-bond acceptors (Lipinski definition) is 3. The van der Waals surface area contributed by atoms with E-state index in [0.29, 0.717) is 24.0 Å². The Bertz CT molecular complexity index is 709. The van der Waals surface area contributed by atoms with Crippen molar-refractivity contribution in [3.8, 4) is 0 Å². The molecule has 0 aromatic carbocycles. The first kappa shape index (κ1) is 25.0. The molecule has 0 unspecified atom stereocenters. The predicted octanol–water partition coefficient (Wildman–Crippen LogP) is 7.96. The molecule has 0 radical (unpaired) electrons. The number of rotatable bonds is 11. The van der Waals surface area contributed by atoms with Crippen LogP contribution in [0.25, 0.3) is 0 Å². The van der Waals surface area contributed by atoms with E-state index in [1.165, 1.54) is 76.2 Å². The summed E-state index contributed by atoms with van der Waals surface area (Å²) in [5.74, 6) is 3.26. The largest absolute Gasteiger partial charge is 0.462 e. The van der Waals surface area contributed by atoms with Crippen LogP contribution in [0, 0.1) is 29.1 Å². The van der Waals surface area contributed by atoms with Crippen molar-refractivity contribution >= 4 is 11.8 Å². The first-order chi connectivity index (χ1) is 16.0. The van der Waals surface area contributed by atoms with Crippen LogP contribution in [-0.2, 0) is 14.3 Å². The summed E-state index contributed by atoms with van der Waals surface area (Å²) in [6, 6.07) is 0. The number of unbranched alkanes of at least 4 members (excludes halogenated alkanes) is 8. The molecule has 0 N–H and O–H groups in total. The molecule has 3 fully saturated rings. The van der Waals surface area contributed by atoms with E-state index in [4.69, 9.17) is 4.74 Å². The van der Waals surface area contributed by atoms with Crippen molar-refractivity contribution < 1.29 is 14.3 Å². The molecular weight excluding hydrogens is 408 g/mol.